The van der Waals surface area contributed by atoms with Gasteiger partial charge in [0, 0.05) is 6.04 Å². The smallest absolute Gasteiger partial charge is 0.315 e. The zero-order valence-corrected chi connectivity index (χ0v) is 12.2. The molecular formula is C15H24N2O3. The summed E-state index contributed by atoms with van der Waals surface area (Å²) in [6.07, 6.45) is 8.37. The molecule has 5 nitrogen and oxygen atoms in total. The van der Waals surface area contributed by atoms with Gasteiger partial charge in [-0.3, -0.25) is 4.79 Å². The van der Waals surface area contributed by atoms with E-state index in [0.717, 1.165) is 19.3 Å². The Bertz CT molecular complexity index is 417. The van der Waals surface area contributed by atoms with Gasteiger partial charge in [-0.15, -0.1) is 0 Å². The number of carboxylic acid groups (broad SMARTS) is 1. The second-order valence-corrected chi connectivity index (χ2v) is 6.58. The van der Waals surface area contributed by atoms with Crippen LogP contribution in [0.5, 0.6) is 0 Å². The molecule has 0 saturated heterocycles. The number of nitrogens with one attached hydrogen (secondary N) is 2. The van der Waals surface area contributed by atoms with Crippen LogP contribution >= 0.6 is 0 Å². The molecule has 0 aromatic carbocycles. The summed E-state index contributed by atoms with van der Waals surface area (Å²) in [7, 11) is 0. The van der Waals surface area contributed by atoms with Crippen molar-refractivity contribution < 1.29 is 14.7 Å². The van der Waals surface area contributed by atoms with E-state index in [1.807, 2.05) is 0 Å². The molecule has 0 radical (unpaired) electrons. The van der Waals surface area contributed by atoms with Gasteiger partial charge >= 0.3 is 12.0 Å². The number of carboxylic acids is 1. The molecule has 2 rings (SSSR count). The quantitative estimate of drug-likeness (QED) is 0.694. The van der Waals surface area contributed by atoms with Crippen LogP contribution in [-0.2, 0) is 4.79 Å². The van der Waals surface area contributed by atoms with Crippen molar-refractivity contribution in [2.45, 2.75) is 58.0 Å². The van der Waals surface area contributed by atoms with Gasteiger partial charge in [0.1, 0.15) is 0 Å². The van der Waals surface area contributed by atoms with Gasteiger partial charge in [0.05, 0.1) is 12.0 Å². The zero-order chi connectivity index (χ0) is 14.8. The number of rotatable bonds is 3. The van der Waals surface area contributed by atoms with E-state index < -0.39 is 11.9 Å². The Morgan fingerprint density at radius 3 is 2.55 bits per heavy atom. The van der Waals surface area contributed by atoms with Crippen LogP contribution in [0.25, 0.3) is 0 Å². The fourth-order valence-corrected chi connectivity index (χ4v) is 3.12. The Balaban J connectivity index is 1.81. The van der Waals surface area contributed by atoms with E-state index in [9.17, 15) is 9.59 Å². The summed E-state index contributed by atoms with van der Waals surface area (Å²) in [6, 6.07) is -0.176. The number of hydrogen-bond acceptors (Lipinski definition) is 2. The molecule has 5 heteroatoms. The lowest BCUT2D eigenvalue weighted by Crippen LogP contribution is -2.51. The molecule has 2 aliphatic carbocycles. The van der Waals surface area contributed by atoms with Crippen LogP contribution in [0.2, 0.25) is 0 Å². The Labute approximate surface area is 119 Å². The van der Waals surface area contributed by atoms with E-state index in [1.54, 1.807) is 12.2 Å². The van der Waals surface area contributed by atoms with Crippen LogP contribution in [0.1, 0.15) is 46.0 Å². The summed E-state index contributed by atoms with van der Waals surface area (Å²) < 4.78 is 0. The third-order valence-electron chi connectivity index (χ3n) is 4.53. The minimum atomic E-state index is -0.834. The van der Waals surface area contributed by atoms with E-state index in [1.165, 1.54) is 6.42 Å². The Morgan fingerprint density at radius 1 is 1.20 bits per heavy atom. The predicted octanol–water partition coefficient (Wildman–Crippen LogP) is 2.28. The van der Waals surface area contributed by atoms with Gasteiger partial charge in [-0.05, 0) is 24.7 Å². The summed E-state index contributed by atoms with van der Waals surface area (Å²) in [4.78, 5) is 22.9. The minimum absolute atomic E-state index is 0.130. The first-order chi connectivity index (χ1) is 9.38. The molecule has 0 aliphatic heterocycles. The second kappa shape index (κ2) is 5.85. The second-order valence-electron chi connectivity index (χ2n) is 6.58. The maximum atomic E-state index is 12.0. The monoisotopic (exact) mass is 280 g/mol. The standard InChI is InChI=1S/C15H24N2O3/c1-15(2)8-4-3-5-12(15)17-14(20)16-11-7-6-10(9-11)13(18)19/h6-7,10-12H,3-5,8-9H2,1-2H3,(H,18,19)(H2,16,17,20). The van der Waals surface area contributed by atoms with E-state index in [4.69, 9.17) is 5.11 Å². The molecule has 3 atom stereocenters. The van der Waals surface area contributed by atoms with Gasteiger partial charge in [-0.2, -0.15) is 0 Å². The maximum Gasteiger partial charge on any atom is 0.315 e. The van der Waals surface area contributed by atoms with E-state index in [2.05, 4.69) is 24.5 Å². The van der Waals surface area contributed by atoms with Crippen molar-refractivity contribution in [3.63, 3.8) is 0 Å². The maximum absolute atomic E-state index is 12.0. The molecular weight excluding hydrogens is 256 g/mol. The zero-order valence-electron chi connectivity index (χ0n) is 12.2. The molecule has 2 amide bonds. The van der Waals surface area contributed by atoms with Gasteiger partial charge < -0.3 is 15.7 Å². The van der Waals surface area contributed by atoms with Crippen molar-refractivity contribution >= 4 is 12.0 Å². The topological polar surface area (TPSA) is 78.4 Å². The molecule has 0 aromatic heterocycles. The molecule has 2 aliphatic rings. The van der Waals surface area contributed by atoms with Crippen LogP contribution < -0.4 is 10.6 Å². The first-order valence-electron chi connectivity index (χ1n) is 7.36. The molecule has 3 N–H and O–H groups in total. The average molecular weight is 280 g/mol. The number of carbonyl (C=O) groups excluding carboxylic acids is 1. The molecule has 0 heterocycles. The van der Waals surface area contributed by atoms with Crippen LogP contribution in [-0.4, -0.2) is 29.2 Å². The first kappa shape index (κ1) is 14.9. The number of amides is 2. The van der Waals surface area contributed by atoms with Gasteiger partial charge in [-0.1, -0.05) is 38.8 Å². The van der Waals surface area contributed by atoms with Crippen molar-refractivity contribution in [1.29, 1.82) is 0 Å². The highest BCUT2D eigenvalue weighted by Crippen LogP contribution is 2.35. The fraction of sp³-hybridized carbons (Fsp3) is 0.733. The third kappa shape index (κ3) is 3.52. The Kier molecular flexibility index (Phi) is 4.35. The summed E-state index contributed by atoms with van der Waals surface area (Å²) in [5, 5.41) is 14.8. The van der Waals surface area contributed by atoms with Crippen LogP contribution in [0.4, 0.5) is 4.79 Å². The van der Waals surface area contributed by atoms with Crippen LogP contribution in [0.3, 0.4) is 0 Å². The molecule has 0 spiro atoms. The summed E-state index contributed by atoms with van der Waals surface area (Å²) in [5.74, 6) is -1.31. The minimum Gasteiger partial charge on any atom is -0.481 e. The lowest BCUT2D eigenvalue weighted by Gasteiger charge is -2.39. The van der Waals surface area contributed by atoms with Crippen LogP contribution in [0, 0.1) is 11.3 Å². The Morgan fingerprint density at radius 2 is 1.95 bits per heavy atom. The van der Waals surface area contributed by atoms with Crippen LogP contribution in [0.15, 0.2) is 12.2 Å². The molecule has 3 unspecified atom stereocenters. The summed E-state index contributed by atoms with van der Waals surface area (Å²) >= 11 is 0. The van der Waals surface area contributed by atoms with E-state index >= 15 is 0 Å². The first-order valence-corrected chi connectivity index (χ1v) is 7.36. The van der Waals surface area contributed by atoms with E-state index in [-0.39, 0.29) is 23.5 Å². The molecule has 20 heavy (non-hydrogen) atoms. The van der Waals surface area contributed by atoms with Gasteiger partial charge in [-0.25, -0.2) is 4.79 Å². The largest absolute Gasteiger partial charge is 0.481 e. The molecule has 0 bridgehead atoms. The van der Waals surface area contributed by atoms with Crippen molar-refractivity contribution in [2.75, 3.05) is 0 Å². The number of aliphatic carboxylic acids is 1. The van der Waals surface area contributed by atoms with E-state index in [0.29, 0.717) is 6.42 Å². The lowest BCUT2D eigenvalue weighted by molar-refractivity contribution is -0.140. The normalized spacial score (nSPS) is 31.8. The lowest BCUT2D eigenvalue weighted by atomic mass is 9.73. The third-order valence-corrected chi connectivity index (χ3v) is 4.53. The molecule has 1 fully saturated rings. The van der Waals surface area contributed by atoms with Crippen molar-refractivity contribution in [2.24, 2.45) is 11.3 Å². The fourth-order valence-electron chi connectivity index (χ4n) is 3.12. The number of urea groups is 1. The SMILES string of the molecule is CC1(C)CCCCC1NC(=O)NC1C=CC(C(=O)O)C1. The van der Waals surface area contributed by atoms with Crippen molar-refractivity contribution in [1.82, 2.24) is 10.6 Å². The van der Waals surface area contributed by atoms with Gasteiger partial charge in [0.15, 0.2) is 0 Å². The Hall–Kier alpha value is -1.52. The number of hydrogen-bond donors (Lipinski definition) is 3. The highest BCUT2D eigenvalue weighted by Gasteiger charge is 2.33. The summed E-state index contributed by atoms with van der Waals surface area (Å²) in [6.45, 7) is 4.38. The highest BCUT2D eigenvalue weighted by molar-refractivity contribution is 5.76. The summed E-state index contributed by atoms with van der Waals surface area (Å²) in [5.41, 5.74) is 0.130. The molecule has 1 saturated carbocycles. The molecule has 0 aromatic rings. The number of carbonyl (C=O) groups is 2. The van der Waals surface area contributed by atoms with Crippen molar-refractivity contribution in [3.05, 3.63) is 12.2 Å². The molecule has 112 valence electrons. The highest BCUT2D eigenvalue weighted by atomic mass is 16.4. The van der Waals surface area contributed by atoms with Crippen molar-refractivity contribution in [3.8, 4) is 0 Å². The average Bonchev–Trinajstić information content (AvgIpc) is 2.80. The van der Waals surface area contributed by atoms with Gasteiger partial charge in [0.2, 0.25) is 0 Å². The predicted molar refractivity (Wildman–Crippen MR) is 76.4 cm³/mol. The van der Waals surface area contributed by atoms with Gasteiger partial charge in [0.25, 0.3) is 0 Å².